The van der Waals surface area contributed by atoms with Crippen LogP contribution in [0.4, 0.5) is 15.8 Å². The van der Waals surface area contributed by atoms with E-state index in [1.807, 2.05) is 0 Å². The molecule has 3 aromatic carbocycles. The van der Waals surface area contributed by atoms with Crippen molar-refractivity contribution in [2.24, 2.45) is 0 Å². The first-order chi connectivity index (χ1) is 11.9. The molecule has 1 heterocycles. The van der Waals surface area contributed by atoms with Crippen molar-refractivity contribution in [2.45, 2.75) is 4.90 Å². The SMILES string of the molecule is O=C1Nc2ccc(S(=O)(=O)Nc3ccc(F)cc3Cl)c3cccc1c23. The molecule has 25 heavy (non-hydrogen) atoms. The highest BCUT2D eigenvalue weighted by Gasteiger charge is 2.26. The molecule has 5 nitrogen and oxygen atoms in total. The van der Waals surface area contributed by atoms with Crippen molar-refractivity contribution >= 4 is 49.7 Å². The lowest BCUT2D eigenvalue weighted by atomic mass is 10.1. The molecule has 1 aliphatic heterocycles. The summed E-state index contributed by atoms with van der Waals surface area (Å²) in [6, 6.07) is 11.2. The smallest absolute Gasteiger partial charge is 0.262 e. The molecule has 2 N–H and O–H groups in total. The second-order valence-corrected chi connectivity index (χ2v) is 7.58. The lowest BCUT2D eigenvalue weighted by Gasteiger charge is -2.12. The predicted octanol–water partition coefficient (Wildman–Crippen LogP) is 4.00. The quantitative estimate of drug-likeness (QED) is 0.725. The van der Waals surface area contributed by atoms with E-state index in [1.165, 1.54) is 18.2 Å². The first-order valence-corrected chi connectivity index (χ1v) is 9.08. The van der Waals surface area contributed by atoms with Gasteiger partial charge in [-0.05, 0) is 36.4 Å². The van der Waals surface area contributed by atoms with Crippen LogP contribution >= 0.6 is 11.6 Å². The molecule has 0 unspecified atom stereocenters. The Morgan fingerprint density at radius 3 is 2.64 bits per heavy atom. The number of sulfonamides is 1. The maximum Gasteiger partial charge on any atom is 0.262 e. The average molecular weight is 377 g/mol. The monoisotopic (exact) mass is 376 g/mol. The number of hydrogen-bond donors (Lipinski definition) is 2. The molecule has 0 radical (unpaired) electrons. The van der Waals surface area contributed by atoms with Gasteiger partial charge in [-0.15, -0.1) is 0 Å². The van der Waals surface area contributed by atoms with E-state index in [0.717, 1.165) is 12.1 Å². The summed E-state index contributed by atoms with van der Waals surface area (Å²) in [4.78, 5) is 12.0. The highest BCUT2D eigenvalue weighted by Crippen LogP contribution is 2.37. The molecule has 0 spiro atoms. The number of benzene rings is 3. The molecule has 0 fully saturated rings. The largest absolute Gasteiger partial charge is 0.321 e. The van der Waals surface area contributed by atoms with Gasteiger partial charge in [-0.25, -0.2) is 12.8 Å². The van der Waals surface area contributed by atoms with Crippen LogP contribution in [0.2, 0.25) is 5.02 Å². The third-order valence-corrected chi connectivity index (χ3v) is 5.69. The Labute approximate surface area is 147 Å². The molecule has 1 aliphatic rings. The topological polar surface area (TPSA) is 75.3 Å². The Kier molecular flexibility index (Phi) is 3.45. The van der Waals surface area contributed by atoms with Crippen molar-refractivity contribution in [2.75, 3.05) is 10.0 Å². The summed E-state index contributed by atoms with van der Waals surface area (Å²) >= 11 is 5.90. The van der Waals surface area contributed by atoms with Crippen LogP contribution < -0.4 is 10.0 Å². The average Bonchev–Trinajstić information content (AvgIpc) is 2.88. The Balaban J connectivity index is 1.87. The third-order valence-electron chi connectivity index (χ3n) is 3.96. The molecule has 0 aromatic heterocycles. The van der Waals surface area contributed by atoms with Crippen LogP contribution in [-0.2, 0) is 10.0 Å². The summed E-state index contributed by atoms with van der Waals surface area (Å²) < 4.78 is 41.1. The summed E-state index contributed by atoms with van der Waals surface area (Å²) in [6.45, 7) is 0. The van der Waals surface area contributed by atoms with E-state index in [-0.39, 0.29) is 21.5 Å². The number of rotatable bonds is 3. The minimum atomic E-state index is -3.99. The van der Waals surface area contributed by atoms with Crippen molar-refractivity contribution in [1.82, 2.24) is 0 Å². The molecule has 0 aliphatic carbocycles. The van der Waals surface area contributed by atoms with Crippen LogP contribution in [0, 0.1) is 5.82 Å². The van der Waals surface area contributed by atoms with Crippen LogP contribution in [0.15, 0.2) is 53.4 Å². The zero-order valence-electron chi connectivity index (χ0n) is 12.5. The van der Waals surface area contributed by atoms with Gasteiger partial charge < -0.3 is 5.32 Å². The zero-order chi connectivity index (χ0) is 17.8. The Bertz CT molecular complexity index is 1160. The molecule has 0 bridgehead atoms. The Hall–Kier alpha value is -2.64. The Morgan fingerprint density at radius 1 is 1.08 bits per heavy atom. The van der Waals surface area contributed by atoms with E-state index in [0.29, 0.717) is 22.0 Å². The highest BCUT2D eigenvalue weighted by molar-refractivity contribution is 7.93. The number of hydrogen-bond acceptors (Lipinski definition) is 3. The highest BCUT2D eigenvalue weighted by atomic mass is 35.5. The van der Waals surface area contributed by atoms with Crippen LogP contribution in [0.5, 0.6) is 0 Å². The van der Waals surface area contributed by atoms with E-state index in [4.69, 9.17) is 11.6 Å². The van der Waals surface area contributed by atoms with Gasteiger partial charge in [0.1, 0.15) is 5.82 Å². The van der Waals surface area contributed by atoms with Gasteiger partial charge in [-0.3, -0.25) is 9.52 Å². The number of amides is 1. The fraction of sp³-hybridized carbons (Fsp3) is 0. The van der Waals surface area contributed by atoms with Crippen molar-refractivity contribution in [3.63, 3.8) is 0 Å². The summed E-state index contributed by atoms with van der Waals surface area (Å²) in [7, 11) is -3.99. The number of halogens is 2. The second kappa shape index (κ2) is 5.44. The van der Waals surface area contributed by atoms with Crippen LogP contribution in [0.3, 0.4) is 0 Å². The van der Waals surface area contributed by atoms with Gasteiger partial charge in [-0.1, -0.05) is 23.7 Å². The first kappa shape index (κ1) is 15.9. The molecule has 4 rings (SSSR count). The minimum absolute atomic E-state index is 0.00462. The van der Waals surface area contributed by atoms with Crippen LogP contribution in [-0.4, -0.2) is 14.3 Å². The van der Waals surface area contributed by atoms with Gasteiger partial charge in [0.15, 0.2) is 0 Å². The lowest BCUT2D eigenvalue weighted by Crippen LogP contribution is -2.13. The number of anilines is 2. The molecular weight excluding hydrogens is 367 g/mol. The van der Waals surface area contributed by atoms with E-state index < -0.39 is 15.8 Å². The van der Waals surface area contributed by atoms with Gasteiger partial charge >= 0.3 is 0 Å². The lowest BCUT2D eigenvalue weighted by molar-refractivity contribution is 0.103. The summed E-state index contributed by atoms with van der Waals surface area (Å²) in [5.41, 5.74) is 1.05. The molecule has 8 heteroatoms. The second-order valence-electron chi connectivity index (χ2n) is 5.52. The summed E-state index contributed by atoms with van der Waals surface area (Å²) in [5.74, 6) is -0.840. The number of nitrogens with one attached hydrogen (secondary N) is 2. The van der Waals surface area contributed by atoms with Crippen molar-refractivity contribution < 1.29 is 17.6 Å². The standard InChI is InChI=1S/C17H10ClFN2O3S/c18-12-8-9(19)4-5-13(12)21-25(23,24)15-7-6-14-16-10(15)2-1-3-11(16)17(22)20-14/h1-8,21H,(H,20,22). The van der Waals surface area contributed by atoms with E-state index in [9.17, 15) is 17.6 Å². The van der Waals surface area contributed by atoms with E-state index >= 15 is 0 Å². The van der Waals surface area contributed by atoms with Crippen LogP contribution in [0.1, 0.15) is 10.4 Å². The molecule has 0 saturated carbocycles. The van der Waals surface area contributed by atoms with E-state index in [2.05, 4.69) is 10.0 Å². The maximum atomic E-state index is 13.1. The number of carbonyl (C=O) groups is 1. The first-order valence-electron chi connectivity index (χ1n) is 7.22. The summed E-state index contributed by atoms with van der Waals surface area (Å²) in [6.07, 6.45) is 0. The van der Waals surface area contributed by atoms with Gasteiger partial charge in [-0.2, -0.15) is 0 Å². The van der Waals surface area contributed by atoms with Crippen molar-refractivity contribution in [3.8, 4) is 0 Å². The molecule has 0 atom stereocenters. The molecular formula is C17H10ClFN2O3S. The fourth-order valence-electron chi connectivity index (χ4n) is 2.87. The van der Waals surface area contributed by atoms with Gasteiger partial charge in [0, 0.05) is 22.0 Å². The predicted molar refractivity (Wildman–Crippen MR) is 94.1 cm³/mol. The fourth-order valence-corrected chi connectivity index (χ4v) is 4.42. The molecule has 0 saturated heterocycles. The van der Waals surface area contributed by atoms with Crippen molar-refractivity contribution in [3.05, 3.63) is 64.9 Å². The minimum Gasteiger partial charge on any atom is -0.321 e. The molecule has 3 aromatic rings. The normalized spacial score (nSPS) is 13.1. The Morgan fingerprint density at radius 2 is 1.88 bits per heavy atom. The molecule has 126 valence electrons. The van der Waals surface area contributed by atoms with Gasteiger partial charge in [0.05, 0.1) is 15.6 Å². The molecule has 1 amide bonds. The van der Waals surface area contributed by atoms with E-state index in [1.54, 1.807) is 18.2 Å². The van der Waals surface area contributed by atoms with Gasteiger partial charge in [0.25, 0.3) is 15.9 Å². The van der Waals surface area contributed by atoms with Crippen molar-refractivity contribution in [1.29, 1.82) is 0 Å². The van der Waals surface area contributed by atoms with Gasteiger partial charge in [0.2, 0.25) is 0 Å². The number of carbonyl (C=O) groups excluding carboxylic acids is 1. The van der Waals surface area contributed by atoms with Crippen LogP contribution in [0.25, 0.3) is 10.8 Å². The third kappa shape index (κ3) is 2.52. The zero-order valence-corrected chi connectivity index (χ0v) is 14.1. The summed E-state index contributed by atoms with van der Waals surface area (Å²) in [5, 5.41) is 3.62. The maximum absolute atomic E-state index is 13.1.